The summed E-state index contributed by atoms with van der Waals surface area (Å²) in [4.78, 5) is 33.4. The van der Waals surface area contributed by atoms with Crippen molar-refractivity contribution in [2.24, 2.45) is 0 Å². The number of benzene rings is 1. The number of rotatable bonds is 7. The molecule has 0 radical (unpaired) electrons. The summed E-state index contributed by atoms with van der Waals surface area (Å²) in [7, 11) is 0. The summed E-state index contributed by atoms with van der Waals surface area (Å²) < 4.78 is 3.75. The van der Waals surface area contributed by atoms with E-state index in [4.69, 9.17) is 0 Å². The van der Waals surface area contributed by atoms with E-state index in [9.17, 15) is 9.59 Å². The Hall–Kier alpha value is -3.19. The molecule has 1 aliphatic heterocycles. The Balaban J connectivity index is 1.36. The van der Waals surface area contributed by atoms with E-state index >= 15 is 0 Å². The molecule has 0 amide bonds. The van der Waals surface area contributed by atoms with E-state index in [0.717, 1.165) is 56.3 Å². The van der Waals surface area contributed by atoms with E-state index in [1.54, 1.807) is 17.7 Å². The van der Waals surface area contributed by atoms with Gasteiger partial charge in [-0.1, -0.05) is 0 Å². The van der Waals surface area contributed by atoms with E-state index in [-0.39, 0.29) is 11.3 Å². The van der Waals surface area contributed by atoms with Crippen LogP contribution in [0.5, 0.6) is 0 Å². The SMILES string of the molecule is CC(=O)c1ccc(-n2c(C)cc(=O)n2CCCN2CCN(c3cc(C)ccn3)CC2)cc1. The highest BCUT2D eigenvalue weighted by molar-refractivity contribution is 5.94. The van der Waals surface area contributed by atoms with Gasteiger partial charge in [0.25, 0.3) is 5.56 Å². The summed E-state index contributed by atoms with van der Waals surface area (Å²) in [5.74, 6) is 1.09. The average Bonchev–Trinajstić information content (AvgIpc) is 3.07. The van der Waals surface area contributed by atoms with Gasteiger partial charge in [0.2, 0.25) is 0 Å². The fourth-order valence-corrected chi connectivity index (χ4v) is 4.33. The zero-order valence-corrected chi connectivity index (χ0v) is 19.1. The van der Waals surface area contributed by atoms with Crippen molar-refractivity contribution < 1.29 is 4.79 Å². The predicted molar refractivity (Wildman–Crippen MR) is 127 cm³/mol. The smallest absolute Gasteiger partial charge is 0.267 e. The molecule has 0 atom stereocenters. The minimum absolute atomic E-state index is 0.00786. The minimum Gasteiger partial charge on any atom is -0.354 e. The first kappa shape index (κ1) is 22.0. The number of hydrogen-bond donors (Lipinski definition) is 0. The zero-order chi connectivity index (χ0) is 22.7. The first-order valence-electron chi connectivity index (χ1n) is 11.2. The monoisotopic (exact) mass is 433 g/mol. The van der Waals surface area contributed by atoms with Crippen molar-refractivity contribution in [3.8, 4) is 5.69 Å². The lowest BCUT2D eigenvalue weighted by Gasteiger charge is -2.35. The second-order valence-corrected chi connectivity index (χ2v) is 8.54. The molecule has 7 nitrogen and oxygen atoms in total. The standard InChI is InChI=1S/C25H31N5O2/c1-19-9-10-26-24(17-19)28-15-13-27(14-16-28)11-4-12-29-25(32)18-20(2)30(29)23-7-5-22(6-8-23)21(3)31/h5-10,17-18H,4,11-16H2,1-3H3. The molecule has 7 heteroatoms. The van der Waals surface area contributed by atoms with Gasteiger partial charge in [0.1, 0.15) is 5.82 Å². The lowest BCUT2D eigenvalue weighted by Crippen LogP contribution is -2.47. The number of pyridine rings is 1. The van der Waals surface area contributed by atoms with Crippen LogP contribution in [-0.4, -0.2) is 57.8 Å². The maximum absolute atomic E-state index is 12.6. The van der Waals surface area contributed by atoms with E-state index < -0.39 is 0 Å². The van der Waals surface area contributed by atoms with Crippen LogP contribution in [0, 0.1) is 13.8 Å². The molecule has 1 aromatic carbocycles. The molecule has 0 N–H and O–H groups in total. The summed E-state index contributed by atoms with van der Waals surface area (Å²) in [5, 5.41) is 0. The number of nitrogens with zero attached hydrogens (tertiary/aromatic N) is 5. The molecule has 1 fully saturated rings. The Kier molecular flexibility index (Phi) is 6.55. The van der Waals surface area contributed by atoms with E-state index in [1.165, 1.54) is 5.56 Å². The van der Waals surface area contributed by atoms with E-state index in [0.29, 0.717) is 12.1 Å². The highest BCUT2D eigenvalue weighted by Gasteiger charge is 2.18. The van der Waals surface area contributed by atoms with Crippen molar-refractivity contribution in [2.45, 2.75) is 33.7 Å². The molecule has 0 unspecified atom stereocenters. The van der Waals surface area contributed by atoms with Gasteiger partial charge in [-0.15, -0.1) is 0 Å². The second-order valence-electron chi connectivity index (χ2n) is 8.54. The van der Waals surface area contributed by atoms with Crippen molar-refractivity contribution in [1.29, 1.82) is 0 Å². The predicted octanol–water partition coefficient (Wildman–Crippen LogP) is 3.07. The van der Waals surface area contributed by atoms with Crippen LogP contribution in [0.2, 0.25) is 0 Å². The van der Waals surface area contributed by atoms with Crippen LogP contribution in [-0.2, 0) is 6.54 Å². The molecule has 0 spiro atoms. The summed E-state index contributed by atoms with van der Waals surface area (Å²) in [6.07, 6.45) is 2.77. The van der Waals surface area contributed by atoms with Crippen LogP contribution in [0.25, 0.3) is 5.69 Å². The molecule has 0 saturated carbocycles. The molecular weight excluding hydrogens is 402 g/mol. The maximum atomic E-state index is 12.6. The summed E-state index contributed by atoms with van der Waals surface area (Å²) in [6.45, 7) is 11.1. The molecule has 0 aliphatic carbocycles. The van der Waals surface area contributed by atoms with Crippen LogP contribution < -0.4 is 10.5 Å². The number of carbonyl (C=O) groups excluding carboxylic acids is 1. The highest BCUT2D eigenvalue weighted by Crippen LogP contribution is 2.16. The Bertz CT molecular complexity index is 1140. The number of aromatic nitrogens is 3. The normalized spacial score (nSPS) is 14.7. The van der Waals surface area contributed by atoms with Gasteiger partial charge in [-0.2, -0.15) is 0 Å². The van der Waals surface area contributed by atoms with Gasteiger partial charge < -0.3 is 4.90 Å². The van der Waals surface area contributed by atoms with Gasteiger partial charge in [0.15, 0.2) is 5.78 Å². The Morgan fingerprint density at radius 2 is 1.69 bits per heavy atom. The molecule has 2 aromatic heterocycles. The molecule has 0 bridgehead atoms. The number of anilines is 1. The third kappa shape index (κ3) is 4.83. The number of Topliss-reactive ketones (excluding diaryl/α,β-unsaturated/α-hetero) is 1. The van der Waals surface area contributed by atoms with E-state index in [1.807, 2.05) is 48.1 Å². The lowest BCUT2D eigenvalue weighted by molar-refractivity contribution is 0.101. The minimum atomic E-state index is 0.00786. The van der Waals surface area contributed by atoms with Crippen LogP contribution in [0.3, 0.4) is 0 Å². The van der Waals surface area contributed by atoms with Gasteiger partial charge >= 0.3 is 0 Å². The summed E-state index contributed by atoms with van der Waals surface area (Å²) >= 11 is 0. The van der Waals surface area contributed by atoms with Crippen LogP contribution in [0.4, 0.5) is 5.82 Å². The van der Waals surface area contributed by atoms with Crippen LogP contribution in [0.1, 0.15) is 35.0 Å². The first-order valence-corrected chi connectivity index (χ1v) is 11.2. The molecular formula is C25H31N5O2. The van der Waals surface area contributed by atoms with Crippen LogP contribution in [0.15, 0.2) is 53.5 Å². The molecule has 1 aliphatic rings. The molecule has 3 aromatic rings. The second kappa shape index (κ2) is 9.53. The molecule has 4 rings (SSSR count). The third-order valence-corrected chi connectivity index (χ3v) is 6.12. The van der Waals surface area contributed by atoms with Crippen molar-refractivity contribution in [2.75, 3.05) is 37.6 Å². The Morgan fingerprint density at radius 3 is 2.34 bits per heavy atom. The number of ketones is 1. The first-order chi connectivity index (χ1) is 15.4. The highest BCUT2D eigenvalue weighted by atomic mass is 16.1. The van der Waals surface area contributed by atoms with E-state index in [2.05, 4.69) is 27.8 Å². The largest absolute Gasteiger partial charge is 0.354 e. The molecule has 32 heavy (non-hydrogen) atoms. The van der Waals surface area contributed by atoms with Crippen molar-refractivity contribution in [3.63, 3.8) is 0 Å². The molecule has 168 valence electrons. The lowest BCUT2D eigenvalue weighted by atomic mass is 10.1. The van der Waals surface area contributed by atoms with Gasteiger partial charge in [-0.05, 0) is 69.2 Å². The van der Waals surface area contributed by atoms with Gasteiger partial charge in [-0.3, -0.25) is 19.2 Å². The quantitative estimate of drug-likeness (QED) is 0.536. The van der Waals surface area contributed by atoms with Gasteiger partial charge in [0, 0.05) is 62.8 Å². The van der Waals surface area contributed by atoms with Gasteiger partial charge in [-0.25, -0.2) is 9.67 Å². The number of aryl methyl sites for hydroxylation is 2. The zero-order valence-electron chi connectivity index (χ0n) is 19.1. The maximum Gasteiger partial charge on any atom is 0.267 e. The average molecular weight is 434 g/mol. The Morgan fingerprint density at radius 1 is 0.969 bits per heavy atom. The molecule has 1 saturated heterocycles. The number of carbonyl (C=O) groups is 1. The fraction of sp³-hybridized carbons (Fsp3) is 0.400. The number of hydrogen-bond acceptors (Lipinski definition) is 5. The van der Waals surface area contributed by atoms with Crippen molar-refractivity contribution >= 4 is 11.6 Å². The van der Waals surface area contributed by atoms with Gasteiger partial charge in [0.05, 0.1) is 5.69 Å². The fourth-order valence-electron chi connectivity index (χ4n) is 4.33. The Labute approximate surface area is 188 Å². The van der Waals surface area contributed by atoms with Crippen molar-refractivity contribution in [3.05, 3.63) is 75.8 Å². The molecule has 3 heterocycles. The summed E-state index contributed by atoms with van der Waals surface area (Å²) in [5.41, 5.74) is 3.71. The topological polar surface area (TPSA) is 63.4 Å². The van der Waals surface area contributed by atoms with Crippen LogP contribution >= 0.6 is 0 Å². The summed E-state index contributed by atoms with van der Waals surface area (Å²) in [6, 6.07) is 13.3. The number of piperazine rings is 1. The van der Waals surface area contributed by atoms with Crippen molar-refractivity contribution in [1.82, 2.24) is 19.2 Å². The third-order valence-electron chi connectivity index (χ3n) is 6.12.